The lowest BCUT2D eigenvalue weighted by Crippen LogP contribution is -1.97. The number of carbonyl (C=O) groups excluding carboxylic acids is 1. The average molecular weight is 348 g/mol. The first kappa shape index (κ1) is 17.6. The molecule has 0 aliphatic rings. The Bertz CT molecular complexity index is 940. The average Bonchev–Trinajstić information content (AvgIpc) is 3.06. The molecular weight excluding hydrogens is 328 g/mol. The minimum absolute atomic E-state index is 0.0131. The number of aromatic nitrogens is 2. The molecule has 0 fully saturated rings. The molecular formula is C21H20N2O3. The Labute approximate surface area is 152 Å². The summed E-state index contributed by atoms with van der Waals surface area (Å²) in [6.45, 7) is 6.02. The first-order valence-electron chi connectivity index (χ1n) is 8.33. The van der Waals surface area contributed by atoms with Gasteiger partial charge in [-0.05, 0) is 54.8 Å². The minimum Gasteiger partial charge on any atom is -0.485 e. The number of nitrogens with zero attached hydrogens (tertiary/aromatic N) is 2. The van der Waals surface area contributed by atoms with E-state index in [1.807, 2.05) is 56.3 Å². The van der Waals surface area contributed by atoms with Crippen molar-refractivity contribution in [1.29, 1.82) is 0 Å². The lowest BCUT2D eigenvalue weighted by atomic mass is 10.0. The van der Waals surface area contributed by atoms with E-state index in [0.717, 1.165) is 11.1 Å². The van der Waals surface area contributed by atoms with Gasteiger partial charge in [0.15, 0.2) is 12.4 Å². The molecule has 1 aromatic heterocycles. The molecule has 3 rings (SSSR count). The van der Waals surface area contributed by atoms with Crippen LogP contribution in [0.3, 0.4) is 0 Å². The van der Waals surface area contributed by atoms with Crippen LogP contribution in [0, 0.1) is 20.8 Å². The van der Waals surface area contributed by atoms with E-state index in [1.165, 1.54) is 5.56 Å². The molecule has 3 aromatic rings. The van der Waals surface area contributed by atoms with Crippen molar-refractivity contribution < 1.29 is 14.1 Å². The third kappa shape index (κ3) is 4.45. The summed E-state index contributed by atoms with van der Waals surface area (Å²) < 4.78 is 10.5. The van der Waals surface area contributed by atoms with Crippen molar-refractivity contribution in [3.8, 4) is 5.75 Å². The van der Waals surface area contributed by atoms with E-state index < -0.39 is 0 Å². The lowest BCUT2D eigenvalue weighted by molar-refractivity contribution is 0.104. The van der Waals surface area contributed by atoms with Crippen molar-refractivity contribution in [2.24, 2.45) is 0 Å². The van der Waals surface area contributed by atoms with Gasteiger partial charge < -0.3 is 9.26 Å². The highest BCUT2D eigenvalue weighted by atomic mass is 16.5. The smallest absolute Gasteiger partial charge is 0.223 e. The van der Waals surface area contributed by atoms with Gasteiger partial charge in [0.05, 0.1) is 0 Å². The number of ether oxygens (including phenoxy) is 1. The molecule has 0 bridgehead atoms. The van der Waals surface area contributed by atoms with Gasteiger partial charge in [-0.25, -0.2) is 0 Å². The number of allylic oxidation sites excluding steroid dienone is 1. The summed E-state index contributed by atoms with van der Waals surface area (Å²) in [5.74, 6) is 1.70. The van der Waals surface area contributed by atoms with Gasteiger partial charge in [0.1, 0.15) is 5.75 Å². The van der Waals surface area contributed by atoms with Crippen molar-refractivity contribution in [2.75, 3.05) is 0 Å². The van der Waals surface area contributed by atoms with Gasteiger partial charge in [0.25, 0.3) is 0 Å². The van der Waals surface area contributed by atoms with Crippen LogP contribution in [-0.4, -0.2) is 15.9 Å². The Kier molecular flexibility index (Phi) is 5.27. The number of rotatable bonds is 6. The van der Waals surface area contributed by atoms with E-state index in [-0.39, 0.29) is 12.4 Å². The summed E-state index contributed by atoms with van der Waals surface area (Å²) in [5, 5.41) is 3.78. The number of hydrogen-bond acceptors (Lipinski definition) is 5. The molecule has 0 saturated heterocycles. The van der Waals surface area contributed by atoms with E-state index in [4.69, 9.17) is 9.26 Å². The topological polar surface area (TPSA) is 65.2 Å². The predicted molar refractivity (Wildman–Crippen MR) is 99.1 cm³/mol. The van der Waals surface area contributed by atoms with Crippen molar-refractivity contribution in [1.82, 2.24) is 10.1 Å². The fourth-order valence-corrected chi connectivity index (χ4v) is 2.39. The van der Waals surface area contributed by atoms with Crippen molar-refractivity contribution in [2.45, 2.75) is 27.4 Å². The summed E-state index contributed by atoms with van der Waals surface area (Å²) >= 11 is 0. The minimum atomic E-state index is -0.0131. The molecule has 0 radical (unpaired) electrons. The second kappa shape index (κ2) is 7.78. The third-order valence-electron chi connectivity index (χ3n) is 4.04. The van der Waals surface area contributed by atoms with Gasteiger partial charge in [0.2, 0.25) is 11.7 Å². The first-order chi connectivity index (χ1) is 12.5. The predicted octanol–water partition coefficient (Wildman–Crippen LogP) is 4.47. The van der Waals surface area contributed by atoms with Crippen LogP contribution in [0.5, 0.6) is 5.75 Å². The molecule has 5 heteroatoms. The quantitative estimate of drug-likeness (QED) is 0.486. The summed E-state index contributed by atoms with van der Waals surface area (Å²) in [7, 11) is 0. The highest BCUT2D eigenvalue weighted by Crippen LogP contribution is 2.16. The van der Waals surface area contributed by atoms with Crippen LogP contribution >= 0.6 is 0 Å². The van der Waals surface area contributed by atoms with Crippen molar-refractivity contribution in [3.63, 3.8) is 0 Å². The van der Waals surface area contributed by atoms with Crippen LogP contribution in [0.4, 0.5) is 0 Å². The lowest BCUT2D eigenvalue weighted by Gasteiger charge is -2.04. The van der Waals surface area contributed by atoms with Gasteiger partial charge in [-0.3, -0.25) is 4.79 Å². The number of benzene rings is 2. The number of hydrogen-bond donors (Lipinski definition) is 0. The maximum absolute atomic E-state index is 12.3. The van der Waals surface area contributed by atoms with Crippen LogP contribution in [-0.2, 0) is 6.61 Å². The van der Waals surface area contributed by atoms with E-state index >= 15 is 0 Å². The van der Waals surface area contributed by atoms with E-state index in [2.05, 4.69) is 10.1 Å². The number of aryl methyl sites for hydroxylation is 3. The van der Waals surface area contributed by atoms with Crippen LogP contribution in [0.1, 0.15) is 38.8 Å². The molecule has 0 aliphatic heterocycles. The highest BCUT2D eigenvalue weighted by Gasteiger charge is 2.04. The third-order valence-corrected chi connectivity index (χ3v) is 4.04. The summed E-state index contributed by atoms with van der Waals surface area (Å²) in [4.78, 5) is 16.4. The molecule has 2 aromatic carbocycles. The zero-order chi connectivity index (χ0) is 18.5. The van der Waals surface area contributed by atoms with Gasteiger partial charge in [-0.1, -0.05) is 35.5 Å². The Hall–Kier alpha value is -3.21. The van der Waals surface area contributed by atoms with Crippen LogP contribution < -0.4 is 4.74 Å². The van der Waals surface area contributed by atoms with Crippen LogP contribution in [0.15, 0.2) is 53.1 Å². The molecule has 0 aliphatic carbocycles. The van der Waals surface area contributed by atoms with E-state index in [9.17, 15) is 4.79 Å². The molecule has 0 N–H and O–H groups in total. The van der Waals surface area contributed by atoms with Gasteiger partial charge in [0, 0.05) is 12.5 Å². The zero-order valence-electron chi connectivity index (χ0n) is 15.0. The standard InChI is InChI=1S/C21H20N2O3/c1-14-4-8-18(12-15(14)2)20(24)11-7-17-5-9-19(10-6-17)25-13-21-22-16(3)26-23-21/h4-12H,13H2,1-3H3. The fourth-order valence-electron chi connectivity index (χ4n) is 2.39. The zero-order valence-corrected chi connectivity index (χ0v) is 15.0. The second-order valence-corrected chi connectivity index (χ2v) is 6.08. The Morgan fingerprint density at radius 1 is 1.08 bits per heavy atom. The Morgan fingerprint density at radius 2 is 1.85 bits per heavy atom. The van der Waals surface area contributed by atoms with Crippen LogP contribution in [0.25, 0.3) is 6.08 Å². The second-order valence-electron chi connectivity index (χ2n) is 6.08. The van der Waals surface area contributed by atoms with Gasteiger partial charge >= 0.3 is 0 Å². The first-order valence-corrected chi connectivity index (χ1v) is 8.33. The van der Waals surface area contributed by atoms with E-state index in [0.29, 0.717) is 23.0 Å². The molecule has 0 atom stereocenters. The molecule has 0 saturated carbocycles. The molecule has 5 nitrogen and oxygen atoms in total. The summed E-state index contributed by atoms with van der Waals surface area (Å²) in [6, 6.07) is 13.2. The van der Waals surface area contributed by atoms with Crippen molar-refractivity contribution in [3.05, 3.63) is 82.5 Å². The largest absolute Gasteiger partial charge is 0.485 e. The molecule has 26 heavy (non-hydrogen) atoms. The number of carbonyl (C=O) groups is 1. The van der Waals surface area contributed by atoms with E-state index in [1.54, 1.807) is 19.1 Å². The molecule has 0 unspecified atom stereocenters. The molecule has 0 amide bonds. The molecule has 0 spiro atoms. The summed E-state index contributed by atoms with van der Waals surface area (Å²) in [5.41, 5.74) is 3.91. The van der Waals surface area contributed by atoms with Gasteiger partial charge in [-0.15, -0.1) is 0 Å². The normalized spacial score (nSPS) is 11.0. The summed E-state index contributed by atoms with van der Waals surface area (Å²) in [6.07, 6.45) is 3.38. The van der Waals surface area contributed by atoms with Crippen molar-refractivity contribution >= 4 is 11.9 Å². The maximum Gasteiger partial charge on any atom is 0.223 e. The fraction of sp³-hybridized carbons (Fsp3) is 0.190. The highest BCUT2D eigenvalue weighted by molar-refractivity contribution is 6.06. The maximum atomic E-state index is 12.3. The Balaban J connectivity index is 1.60. The Morgan fingerprint density at radius 3 is 2.50 bits per heavy atom. The van der Waals surface area contributed by atoms with Gasteiger partial charge in [-0.2, -0.15) is 4.98 Å². The monoisotopic (exact) mass is 348 g/mol. The SMILES string of the molecule is Cc1nc(COc2ccc(C=CC(=O)c3ccc(C)c(C)c3)cc2)no1. The molecule has 1 heterocycles. The number of ketones is 1. The van der Waals surface area contributed by atoms with Crippen LogP contribution in [0.2, 0.25) is 0 Å². The molecule has 132 valence electrons.